The van der Waals surface area contributed by atoms with E-state index >= 15 is 0 Å². The molecule has 0 radical (unpaired) electrons. The second-order valence-corrected chi connectivity index (χ2v) is 8.16. The first-order valence-corrected chi connectivity index (χ1v) is 8.24. The Bertz CT molecular complexity index is 687. The van der Waals surface area contributed by atoms with E-state index in [1.54, 1.807) is 6.92 Å². The Morgan fingerprint density at radius 2 is 1.76 bits per heavy atom. The number of allylic oxidation sites excluding steroid dienone is 1. The van der Waals surface area contributed by atoms with Gasteiger partial charge in [-0.1, -0.05) is 24.3 Å². The molecule has 0 aromatic heterocycles. The molecule has 1 aromatic rings. The van der Waals surface area contributed by atoms with Crippen molar-refractivity contribution in [3.05, 3.63) is 51.1 Å². The highest BCUT2D eigenvalue weighted by Gasteiger charge is 2.40. The van der Waals surface area contributed by atoms with E-state index in [4.69, 9.17) is 0 Å². The van der Waals surface area contributed by atoms with Crippen LogP contribution in [0, 0.1) is 17.0 Å². The molecule has 6 heteroatoms. The van der Waals surface area contributed by atoms with Crippen LogP contribution in [0.3, 0.4) is 0 Å². The van der Waals surface area contributed by atoms with Gasteiger partial charge in [-0.25, -0.2) is 8.42 Å². The van der Waals surface area contributed by atoms with E-state index in [2.05, 4.69) is 0 Å². The summed E-state index contributed by atoms with van der Waals surface area (Å²) in [6.45, 7) is 8.55. The second kappa shape index (κ2) is 5.97. The van der Waals surface area contributed by atoms with Crippen LogP contribution in [0.5, 0.6) is 0 Å². The molecule has 0 N–H and O–H groups in total. The second-order valence-electron chi connectivity index (χ2n) is 5.65. The predicted molar refractivity (Wildman–Crippen MR) is 84.3 cm³/mol. The Morgan fingerprint density at radius 1 is 1.24 bits per heavy atom. The molecular weight excluding hydrogens is 290 g/mol. The molecule has 0 aliphatic rings. The van der Waals surface area contributed by atoms with Gasteiger partial charge in [0, 0.05) is 4.92 Å². The van der Waals surface area contributed by atoms with Crippen molar-refractivity contribution in [2.45, 2.75) is 39.4 Å². The maximum Gasteiger partial charge on any atom is 0.302 e. The van der Waals surface area contributed by atoms with E-state index in [0.717, 1.165) is 16.7 Å². The quantitative estimate of drug-likeness (QED) is 0.618. The smallest absolute Gasteiger partial charge is 0.263 e. The molecule has 0 aliphatic carbocycles. The molecule has 0 heterocycles. The molecule has 0 amide bonds. The Hall–Kier alpha value is -1.69. The van der Waals surface area contributed by atoms with Crippen molar-refractivity contribution in [2.75, 3.05) is 5.88 Å². The van der Waals surface area contributed by atoms with Crippen molar-refractivity contribution >= 4 is 15.4 Å². The van der Waals surface area contributed by atoms with Crippen molar-refractivity contribution in [3.63, 3.8) is 0 Å². The third-order valence-electron chi connectivity index (χ3n) is 4.07. The maximum atomic E-state index is 12.2. The van der Waals surface area contributed by atoms with Gasteiger partial charge in [0.1, 0.15) is 0 Å². The van der Waals surface area contributed by atoms with Crippen molar-refractivity contribution in [1.29, 1.82) is 0 Å². The summed E-state index contributed by atoms with van der Waals surface area (Å²) in [4.78, 5) is 9.79. The first kappa shape index (κ1) is 17.4. The molecule has 1 rings (SSSR count). The van der Waals surface area contributed by atoms with Crippen molar-refractivity contribution < 1.29 is 13.3 Å². The molecule has 5 nitrogen and oxygen atoms in total. The number of aryl methyl sites for hydroxylation is 1. The van der Waals surface area contributed by atoms with Crippen LogP contribution < -0.4 is 0 Å². The summed E-state index contributed by atoms with van der Waals surface area (Å²) < 4.78 is 23.2. The monoisotopic (exact) mass is 311 g/mol. The number of sulfone groups is 1. The van der Waals surface area contributed by atoms with E-state index < -0.39 is 25.4 Å². The summed E-state index contributed by atoms with van der Waals surface area (Å²) >= 11 is 0. The lowest BCUT2D eigenvalue weighted by Crippen LogP contribution is -2.37. The average molecular weight is 311 g/mol. The van der Waals surface area contributed by atoms with Crippen LogP contribution in [0.25, 0.3) is 5.57 Å². The highest BCUT2D eigenvalue weighted by atomic mass is 32.2. The van der Waals surface area contributed by atoms with Crippen molar-refractivity contribution in [1.82, 2.24) is 0 Å². The van der Waals surface area contributed by atoms with Crippen LogP contribution in [0.1, 0.15) is 38.8 Å². The molecule has 0 aliphatic heterocycles. The molecule has 0 bridgehead atoms. The van der Waals surface area contributed by atoms with E-state index in [1.807, 2.05) is 38.1 Å². The third-order valence-corrected chi connectivity index (χ3v) is 6.48. The van der Waals surface area contributed by atoms with Gasteiger partial charge >= 0.3 is 5.88 Å². The molecule has 116 valence electrons. The average Bonchev–Trinajstić information content (AvgIpc) is 2.35. The molecule has 0 unspecified atom stereocenters. The van der Waals surface area contributed by atoms with Gasteiger partial charge in [0.05, 0.1) is 4.75 Å². The summed E-state index contributed by atoms with van der Waals surface area (Å²) in [6.07, 6.45) is 0. The summed E-state index contributed by atoms with van der Waals surface area (Å²) in [7, 11) is -3.88. The minimum atomic E-state index is -3.88. The van der Waals surface area contributed by atoms with Crippen molar-refractivity contribution in [3.8, 4) is 0 Å². The lowest BCUT2D eigenvalue weighted by Gasteiger charge is -2.26. The van der Waals surface area contributed by atoms with Gasteiger partial charge < -0.3 is 0 Å². The summed E-state index contributed by atoms with van der Waals surface area (Å²) in [5.74, 6) is -1.06. The normalized spacial score (nSPS) is 13.8. The standard InChI is InChI=1S/C15H21NO4S/c1-11-8-6-7-9-14(11)12(2)13(3)15(4,5)21(19,20)10-16(17)18/h6-9H,10H2,1-5H3. The van der Waals surface area contributed by atoms with E-state index in [-0.39, 0.29) is 0 Å². The fourth-order valence-corrected chi connectivity index (χ4v) is 3.40. The Morgan fingerprint density at radius 3 is 2.24 bits per heavy atom. The maximum absolute atomic E-state index is 12.2. The van der Waals surface area contributed by atoms with Gasteiger partial charge in [0.2, 0.25) is 9.84 Å². The van der Waals surface area contributed by atoms with Gasteiger partial charge in [0.25, 0.3) is 0 Å². The van der Waals surface area contributed by atoms with E-state index in [0.29, 0.717) is 5.57 Å². The van der Waals surface area contributed by atoms with Gasteiger partial charge in [-0.15, -0.1) is 0 Å². The molecule has 0 fully saturated rings. The fourth-order valence-electron chi connectivity index (χ4n) is 2.18. The highest BCUT2D eigenvalue weighted by Crippen LogP contribution is 2.33. The number of rotatable bonds is 5. The number of nitro groups is 1. The van der Waals surface area contributed by atoms with Crippen molar-refractivity contribution in [2.24, 2.45) is 0 Å². The molecule has 0 atom stereocenters. The Kier molecular flexibility index (Phi) is 4.94. The van der Waals surface area contributed by atoms with Crippen LogP contribution in [0.2, 0.25) is 0 Å². The number of benzene rings is 1. The Labute approximate surface area is 125 Å². The molecule has 21 heavy (non-hydrogen) atoms. The molecule has 0 spiro atoms. The first-order chi connectivity index (χ1) is 9.50. The zero-order valence-electron chi connectivity index (χ0n) is 13.0. The van der Waals surface area contributed by atoms with E-state index in [1.165, 1.54) is 13.8 Å². The molecular formula is C15H21NO4S. The minimum absolute atomic E-state index is 0.624. The SMILES string of the molecule is CC(=C(C)C(C)(C)S(=O)(=O)C[N+](=O)[O-])c1ccccc1C. The zero-order valence-corrected chi connectivity index (χ0v) is 13.8. The van der Waals surface area contributed by atoms with Gasteiger partial charge in [-0.05, 0) is 56.9 Å². The first-order valence-electron chi connectivity index (χ1n) is 6.58. The Balaban J connectivity index is 3.40. The number of hydrogen-bond donors (Lipinski definition) is 0. The van der Waals surface area contributed by atoms with Crippen LogP contribution in [-0.4, -0.2) is 24.0 Å². The zero-order chi connectivity index (χ0) is 16.4. The summed E-state index contributed by atoms with van der Waals surface area (Å²) in [6, 6.07) is 7.67. The van der Waals surface area contributed by atoms with Gasteiger partial charge in [-0.2, -0.15) is 0 Å². The van der Waals surface area contributed by atoms with Crippen LogP contribution in [0.15, 0.2) is 29.8 Å². The van der Waals surface area contributed by atoms with Gasteiger partial charge in [-0.3, -0.25) is 10.1 Å². The highest BCUT2D eigenvalue weighted by molar-refractivity contribution is 7.92. The molecule has 1 aromatic carbocycles. The van der Waals surface area contributed by atoms with Crippen LogP contribution in [-0.2, 0) is 9.84 Å². The van der Waals surface area contributed by atoms with Crippen LogP contribution >= 0.6 is 0 Å². The number of nitrogens with zero attached hydrogens (tertiary/aromatic N) is 1. The largest absolute Gasteiger partial charge is 0.302 e. The lowest BCUT2D eigenvalue weighted by atomic mass is 9.92. The molecule has 0 saturated heterocycles. The molecule has 0 saturated carbocycles. The lowest BCUT2D eigenvalue weighted by molar-refractivity contribution is -0.458. The topological polar surface area (TPSA) is 77.3 Å². The predicted octanol–water partition coefficient (Wildman–Crippen LogP) is 3.22. The van der Waals surface area contributed by atoms with Crippen LogP contribution in [0.4, 0.5) is 0 Å². The fraction of sp³-hybridized carbons (Fsp3) is 0.467. The summed E-state index contributed by atoms with van der Waals surface area (Å²) in [5.41, 5.74) is 3.46. The van der Waals surface area contributed by atoms with E-state index in [9.17, 15) is 18.5 Å². The number of hydrogen-bond acceptors (Lipinski definition) is 4. The minimum Gasteiger partial charge on any atom is -0.263 e. The van der Waals surface area contributed by atoms with Gasteiger partial charge in [0.15, 0.2) is 0 Å². The summed E-state index contributed by atoms with van der Waals surface area (Å²) in [5, 5.41) is 10.6. The third kappa shape index (κ3) is 3.50.